The van der Waals surface area contributed by atoms with E-state index in [2.05, 4.69) is 6.92 Å². The second-order valence-corrected chi connectivity index (χ2v) is 4.96. The van der Waals surface area contributed by atoms with E-state index in [0.29, 0.717) is 18.8 Å². The van der Waals surface area contributed by atoms with Crippen molar-refractivity contribution in [2.75, 3.05) is 6.61 Å². The lowest BCUT2D eigenvalue weighted by Crippen LogP contribution is -1.92. The van der Waals surface area contributed by atoms with E-state index in [0.717, 1.165) is 6.42 Å². The molecule has 16 heavy (non-hydrogen) atoms. The molecule has 1 heterocycles. The highest BCUT2D eigenvalue weighted by Gasteiger charge is 2.35. The summed E-state index contributed by atoms with van der Waals surface area (Å²) in [6, 6.07) is 0. The van der Waals surface area contributed by atoms with Gasteiger partial charge in [-0.3, -0.25) is 0 Å². The van der Waals surface area contributed by atoms with Gasteiger partial charge >= 0.3 is 0 Å². The lowest BCUT2D eigenvalue weighted by atomic mass is 10.1. The SMILES string of the molecule is CC[C@@H]1O[C@@H]1CCCCCCCCCCO. The van der Waals surface area contributed by atoms with Crippen LogP contribution in [0.15, 0.2) is 0 Å². The van der Waals surface area contributed by atoms with Crippen molar-refractivity contribution in [3.63, 3.8) is 0 Å². The maximum absolute atomic E-state index is 8.63. The molecule has 2 nitrogen and oxygen atoms in total. The Labute approximate surface area is 100 Å². The van der Waals surface area contributed by atoms with Gasteiger partial charge in [-0.05, 0) is 19.3 Å². The number of unbranched alkanes of at least 4 members (excludes halogenated alkanes) is 7. The Kier molecular flexibility index (Phi) is 7.87. The maximum atomic E-state index is 8.63. The van der Waals surface area contributed by atoms with Gasteiger partial charge in [0.2, 0.25) is 0 Å². The Morgan fingerprint density at radius 2 is 1.38 bits per heavy atom. The molecule has 0 amide bonds. The summed E-state index contributed by atoms with van der Waals surface area (Å²) in [6.07, 6.45) is 14.0. The molecule has 0 aromatic rings. The van der Waals surface area contributed by atoms with Gasteiger partial charge in [0.25, 0.3) is 0 Å². The molecule has 0 aliphatic carbocycles. The Hall–Kier alpha value is -0.0800. The van der Waals surface area contributed by atoms with E-state index in [1.807, 2.05) is 0 Å². The molecule has 0 spiro atoms. The Balaban J connectivity index is 1.69. The molecule has 1 aliphatic heterocycles. The first-order valence-corrected chi connectivity index (χ1v) is 7.14. The van der Waals surface area contributed by atoms with E-state index >= 15 is 0 Å². The number of epoxide rings is 1. The third-order valence-electron chi connectivity index (χ3n) is 3.49. The zero-order valence-electron chi connectivity index (χ0n) is 10.8. The molecule has 96 valence electrons. The first-order chi connectivity index (χ1) is 7.88. The van der Waals surface area contributed by atoms with Crippen LogP contribution in [0.25, 0.3) is 0 Å². The Morgan fingerprint density at radius 1 is 0.812 bits per heavy atom. The van der Waals surface area contributed by atoms with E-state index in [4.69, 9.17) is 9.84 Å². The predicted octanol–water partition coefficient (Wildman–Crippen LogP) is 3.67. The van der Waals surface area contributed by atoms with Crippen molar-refractivity contribution in [3.05, 3.63) is 0 Å². The highest BCUT2D eigenvalue weighted by molar-refractivity contribution is 4.82. The van der Waals surface area contributed by atoms with E-state index < -0.39 is 0 Å². The molecule has 0 aromatic heterocycles. The monoisotopic (exact) mass is 228 g/mol. The first-order valence-electron chi connectivity index (χ1n) is 7.14. The molecule has 0 radical (unpaired) electrons. The van der Waals surface area contributed by atoms with E-state index in [-0.39, 0.29) is 0 Å². The quantitative estimate of drug-likeness (QED) is 0.432. The smallest absolute Gasteiger partial charge is 0.0841 e. The largest absolute Gasteiger partial charge is 0.396 e. The van der Waals surface area contributed by atoms with Crippen LogP contribution >= 0.6 is 0 Å². The van der Waals surface area contributed by atoms with Crippen LogP contribution in [0.4, 0.5) is 0 Å². The standard InChI is InChI=1S/C14H28O2/c1-2-13-14(16-13)11-9-7-5-3-4-6-8-10-12-15/h13-15H,2-12H2,1H3/t13-,14+/m0/s1. The van der Waals surface area contributed by atoms with Gasteiger partial charge in [0.05, 0.1) is 12.2 Å². The Bertz CT molecular complexity index is 159. The van der Waals surface area contributed by atoms with Crippen LogP contribution in [0, 0.1) is 0 Å². The van der Waals surface area contributed by atoms with Crippen molar-refractivity contribution in [1.29, 1.82) is 0 Å². The second kappa shape index (κ2) is 9.00. The third kappa shape index (κ3) is 6.49. The van der Waals surface area contributed by atoms with Gasteiger partial charge in [0.15, 0.2) is 0 Å². The zero-order chi connectivity index (χ0) is 11.6. The van der Waals surface area contributed by atoms with Crippen LogP contribution in [0.3, 0.4) is 0 Å². The van der Waals surface area contributed by atoms with Crippen molar-refractivity contribution < 1.29 is 9.84 Å². The molecule has 0 bridgehead atoms. The number of rotatable bonds is 11. The fraction of sp³-hybridized carbons (Fsp3) is 1.00. The summed E-state index contributed by atoms with van der Waals surface area (Å²) >= 11 is 0. The van der Waals surface area contributed by atoms with E-state index in [9.17, 15) is 0 Å². The van der Waals surface area contributed by atoms with Crippen LogP contribution in [-0.2, 0) is 4.74 Å². The molecule has 1 rings (SSSR count). The third-order valence-corrected chi connectivity index (χ3v) is 3.49. The van der Waals surface area contributed by atoms with Crippen LogP contribution in [-0.4, -0.2) is 23.9 Å². The molecule has 0 aromatic carbocycles. The van der Waals surface area contributed by atoms with Gasteiger partial charge in [0.1, 0.15) is 0 Å². The molecule has 2 heteroatoms. The average molecular weight is 228 g/mol. The summed E-state index contributed by atoms with van der Waals surface area (Å²) in [5.41, 5.74) is 0. The molecular formula is C14H28O2. The minimum atomic E-state index is 0.361. The summed E-state index contributed by atoms with van der Waals surface area (Å²) in [5, 5.41) is 8.63. The lowest BCUT2D eigenvalue weighted by molar-refractivity contribution is 0.282. The highest BCUT2D eigenvalue weighted by Crippen LogP contribution is 2.29. The van der Waals surface area contributed by atoms with Crippen LogP contribution in [0.5, 0.6) is 0 Å². The van der Waals surface area contributed by atoms with Crippen LogP contribution in [0.2, 0.25) is 0 Å². The van der Waals surface area contributed by atoms with Crippen molar-refractivity contribution in [3.8, 4) is 0 Å². The number of aliphatic hydroxyl groups excluding tert-OH is 1. The number of aliphatic hydroxyl groups is 1. The molecule has 1 saturated heterocycles. The average Bonchev–Trinajstić information content (AvgIpc) is 3.05. The zero-order valence-corrected chi connectivity index (χ0v) is 10.8. The fourth-order valence-electron chi connectivity index (χ4n) is 2.31. The van der Waals surface area contributed by atoms with Crippen LogP contribution in [0.1, 0.15) is 71.1 Å². The van der Waals surface area contributed by atoms with Gasteiger partial charge in [-0.25, -0.2) is 0 Å². The lowest BCUT2D eigenvalue weighted by Gasteiger charge is -2.00. The van der Waals surface area contributed by atoms with Crippen LogP contribution < -0.4 is 0 Å². The van der Waals surface area contributed by atoms with Crippen molar-refractivity contribution in [1.82, 2.24) is 0 Å². The minimum absolute atomic E-state index is 0.361. The second-order valence-electron chi connectivity index (χ2n) is 4.96. The van der Waals surface area contributed by atoms with Crippen molar-refractivity contribution in [2.24, 2.45) is 0 Å². The maximum Gasteiger partial charge on any atom is 0.0841 e. The molecule has 2 atom stereocenters. The van der Waals surface area contributed by atoms with E-state index in [1.54, 1.807) is 0 Å². The summed E-state index contributed by atoms with van der Waals surface area (Å²) in [5.74, 6) is 0. The number of ether oxygens (including phenoxy) is 1. The first kappa shape index (κ1) is 14.0. The Morgan fingerprint density at radius 3 is 1.88 bits per heavy atom. The topological polar surface area (TPSA) is 32.8 Å². The van der Waals surface area contributed by atoms with Gasteiger partial charge in [-0.15, -0.1) is 0 Å². The summed E-state index contributed by atoms with van der Waals surface area (Å²) < 4.78 is 5.51. The molecule has 0 unspecified atom stereocenters. The highest BCUT2D eigenvalue weighted by atomic mass is 16.6. The summed E-state index contributed by atoms with van der Waals surface area (Å²) in [6.45, 7) is 2.57. The number of hydrogen-bond acceptors (Lipinski definition) is 2. The van der Waals surface area contributed by atoms with Gasteiger partial charge in [0, 0.05) is 6.61 Å². The van der Waals surface area contributed by atoms with Gasteiger partial charge in [-0.2, -0.15) is 0 Å². The predicted molar refractivity (Wildman–Crippen MR) is 67.6 cm³/mol. The molecule has 0 saturated carbocycles. The fourth-order valence-corrected chi connectivity index (χ4v) is 2.31. The molecule has 1 N–H and O–H groups in total. The molecule has 1 fully saturated rings. The minimum Gasteiger partial charge on any atom is -0.396 e. The molecular weight excluding hydrogens is 200 g/mol. The van der Waals surface area contributed by atoms with Crippen molar-refractivity contribution >= 4 is 0 Å². The normalized spacial score (nSPS) is 23.6. The number of hydrogen-bond donors (Lipinski definition) is 1. The van der Waals surface area contributed by atoms with Gasteiger partial charge < -0.3 is 9.84 Å². The van der Waals surface area contributed by atoms with Gasteiger partial charge in [-0.1, -0.05) is 51.9 Å². The van der Waals surface area contributed by atoms with E-state index in [1.165, 1.54) is 57.8 Å². The molecule has 1 aliphatic rings. The summed E-state index contributed by atoms with van der Waals surface area (Å²) in [4.78, 5) is 0. The summed E-state index contributed by atoms with van der Waals surface area (Å²) in [7, 11) is 0. The van der Waals surface area contributed by atoms with Crippen molar-refractivity contribution in [2.45, 2.75) is 83.3 Å².